The van der Waals surface area contributed by atoms with Crippen LogP contribution in [0.3, 0.4) is 0 Å². The van der Waals surface area contributed by atoms with Crippen molar-refractivity contribution in [1.82, 2.24) is 15.6 Å². The highest BCUT2D eigenvalue weighted by Crippen LogP contribution is 2.08. The molecule has 1 heterocycles. The maximum atomic E-state index is 13.4. The topological polar surface area (TPSA) is 71.1 Å². The lowest BCUT2D eigenvalue weighted by molar-refractivity contribution is 0.0925. The Hall–Kier alpha value is -2.83. The minimum atomic E-state index is -0.933. The van der Waals surface area contributed by atoms with Crippen molar-refractivity contribution in [2.75, 3.05) is 13.1 Å². The van der Waals surface area contributed by atoms with Crippen molar-refractivity contribution in [1.29, 1.82) is 0 Å². The second kappa shape index (κ2) is 7.26. The molecule has 7 heteroatoms. The van der Waals surface area contributed by atoms with E-state index in [1.165, 1.54) is 6.20 Å². The van der Waals surface area contributed by atoms with Crippen molar-refractivity contribution in [3.05, 3.63) is 65.5 Å². The number of hydrogen-bond donors (Lipinski definition) is 2. The van der Waals surface area contributed by atoms with Crippen molar-refractivity contribution in [2.24, 2.45) is 0 Å². The Morgan fingerprint density at radius 2 is 1.77 bits per heavy atom. The van der Waals surface area contributed by atoms with Crippen LogP contribution >= 0.6 is 0 Å². The second-order valence-electron chi connectivity index (χ2n) is 4.38. The zero-order valence-corrected chi connectivity index (χ0v) is 11.5. The van der Waals surface area contributed by atoms with E-state index in [1.54, 1.807) is 18.3 Å². The Morgan fingerprint density at radius 1 is 1.05 bits per heavy atom. The monoisotopic (exact) mass is 305 g/mol. The van der Waals surface area contributed by atoms with Crippen LogP contribution in [0.1, 0.15) is 20.7 Å². The number of aromatic nitrogens is 1. The van der Waals surface area contributed by atoms with Crippen molar-refractivity contribution < 1.29 is 18.4 Å². The molecule has 5 nitrogen and oxygen atoms in total. The first-order valence-electron chi connectivity index (χ1n) is 6.49. The average Bonchev–Trinajstić information content (AvgIpc) is 2.52. The van der Waals surface area contributed by atoms with E-state index in [2.05, 4.69) is 15.6 Å². The normalized spacial score (nSPS) is 10.1. The number of pyridine rings is 1. The SMILES string of the molecule is O=C(NCCNC(=O)c1ccc(F)cc1F)c1cccnc1. The lowest BCUT2D eigenvalue weighted by Crippen LogP contribution is -2.35. The zero-order chi connectivity index (χ0) is 15.9. The van der Waals surface area contributed by atoms with E-state index < -0.39 is 17.5 Å². The van der Waals surface area contributed by atoms with Gasteiger partial charge < -0.3 is 10.6 Å². The number of rotatable bonds is 5. The summed E-state index contributed by atoms with van der Waals surface area (Å²) in [5, 5.41) is 5.02. The van der Waals surface area contributed by atoms with Gasteiger partial charge in [-0.2, -0.15) is 0 Å². The summed E-state index contributed by atoms with van der Waals surface area (Å²) in [5.41, 5.74) is 0.151. The van der Waals surface area contributed by atoms with Gasteiger partial charge in [-0.05, 0) is 24.3 Å². The number of nitrogens with zero attached hydrogens (tertiary/aromatic N) is 1. The molecule has 2 rings (SSSR count). The van der Waals surface area contributed by atoms with Crippen LogP contribution in [-0.2, 0) is 0 Å². The van der Waals surface area contributed by atoms with E-state index in [1.807, 2.05) is 0 Å². The first-order chi connectivity index (χ1) is 10.6. The molecule has 0 atom stereocenters. The largest absolute Gasteiger partial charge is 0.350 e. The first-order valence-corrected chi connectivity index (χ1v) is 6.49. The van der Waals surface area contributed by atoms with Crippen LogP contribution in [0, 0.1) is 11.6 Å². The minimum absolute atomic E-state index is 0.113. The molecule has 1 aromatic carbocycles. The maximum absolute atomic E-state index is 13.4. The maximum Gasteiger partial charge on any atom is 0.254 e. The zero-order valence-electron chi connectivity index (χ0n) is 11.5. The summed E-state index contributed by atoms with van der Waals surface area (Å²) >= 11 is 0. The Bertz CT molecular complexity index is 678. The number of hydrogen-bond acceptors (Lipinski definition) is 3. The first kappa shape index (κ1) is 15.6. The van der Waals surface area contributed by atoms with Gasteiger partial charge in [0, 0.05) is 31.5 Å². The van der Waals surface area contributed by atoms with Crippen LogP contribution in [0.4, 0.5) is 8.78 Å². The van der Waals surface area contributed by atoms with Gasteiger partial charge in [0.1, 0.15) is 11.6 Å². The standard InChI is InChI=1S/C15H13F2N3O2/c16-11-3-4-12(13(17)8-11)15(22)20-7-6-19-14(21)10-2-1-5-18-9-10/h1-5,8-9H,6-7H2,(H,19,21)(H,20,22). The Morgan fingerprint density at radius 3 is 2.41 bits per heavy atom. The molecule has 0 spiro atoms. The van der Waals surface area contributed by atoms with Gasteiger partial charge in [0.05, 0.1) is 11.1 Å². The molecule has 114 valence electrons. The van der Waals surface area contributed by atoms with E-state index in [9.17, 15) is 18.4 Å². The lowest BCUT2D eigenvalue weighted by atomic mass is 10.2. The Labute approximate surface area is 125 Å². The molecule has 0 saturated carbocycles. The molecule has 0 bridgehead atoms. The fourth-order valence-corrected chi connectivity index (χ4v) is 1.72. The fraction of sp³-hybridized carbons (Fsp3) is 0.133. The van der Waals surface area contributed by atoms with Crippen molar-refractivity contribution in [3.63, 3.8) is 0 Å². The number of amides is 2. The molecular weight excluding hydrogens is 292 g/mol. The van der Waals surface area contributed by atoms with Crippen LogP contribution < -0.4 is 10.6 Å². The number of nitrogens with one attached hydrogen (secondary N) is 2. The number of benzene rings is 1. The van der Waals surface area contributed by atoms with Gasteiger partial charge in [0.15, 0.2) is 0 Å². The quantitative estimate of drug-likeness (QED) is 0.823. The summed E-state index contributed by atoms with van der Waals surface area (Å²) in [6.07, 6.45) is 2.97. The average molecular weight is 305 g/mol. The minimum Gasteiger partial charge on any atom is -0.350 e. The van der Waals surface area contributed by atoms with E-state index in [0.717, 1.165) is 12.1 Å². The molecule has 2 amide bonds. The third-order valence-electron chi connectivity index (χ3n) is 2.80. The summed E-state index contributed by atoms with van der Waals surface area (Å²) in [5.74, 6) is -2.68. The molecule has 2 N–H and O–H groups in total. The highest BCUT2D eigenvalue weighted by molar-refractivity contribution is 5.95. The van der Waals surface area contributed by atoms with Gasteiger partial charge in [0.2, 0.25) is 0 Å². The molecule has 0 fully saturated rings. The third kappa shape index (κ3) is 4.08. The molecular formula is C15H13F2N3O2. The van der Waals surface area contributed by atoms with E-state index in [4.69, 9.17) is 0 Å². The number of carbonyl (C=O) groups is 2. The van der Waals surface area contributed by atoms with Gasteiger partial charge in [-0.1, -0.05) is 0 Å². The molecule has 0 unspecified atom stereocenters. The van der Waals surface area contributed by atoms with E-state index in [-0.39, 0.29) is 24.6 Å². The molecule has 0 aliphatic rings. The predicted molar refractivity (Wildman–Crippen MR) is 75.3 cm³/mol. The van der Waals surface area contributed by atoms with Crippen molar-refractivity contribution in [2.45, 2.75) is 0 Å². The fourth-order valence-electron chi connectivity index (χ4n) is 1.72. The molecule has 22 heavy (non-hydrogen) atoms. The van der Waals surface area contributed by atoms with E-state index in [0.29, 0.717) is 11.6 Å². The number of carbonyl (C=O) groups excluding carboxylic acids is 2. The van der Waals surface area contributed by atoms with Crippen molar-refractivity contribution in [3.8, 4) is 0 Å². The van der Waals surface area contributed by atoms with Crippen LogP contribution in [0.15, 0.2) is 42.7 Å². The molecule has 0 aliphatic carbocycles. The van der Waals surface area contributed by atoms with Gasteiger partial charge in [0.25, 0.3) is 11.8 Å². The third-order valence-corrected chi connectivity index (χ3v) is 2.80. The van der Waals surface area contributed by atoms with Crippen LogP contribution in [-0.4, -0.2) is 29.9 Å². The summed E-state index contributed by atoms with van der Waals surface area (Å²) in [6, 6.07) is 5.94. The summed E-state index contributed by atoms with van der Waals surface area (Å²) in [7, 11) is 0. The van der Waals surface area contributed by atoms with Crippen LogP contribution in [0.5, 0.6) is 0 Å². The van der Waals surface area contributed by atoms with Crippen molar-refractivity contribution >= 4 is 11.8 Å². The van der Waals surface area contributed by atoms with Gasteiger partial charge in [-0.15, -0.1) is 0 Å². The molecule has 2 aromatic rings. The lowest BCUT2D eigenvalue weighted by Gasteiger charge is -2.07. The summed E-state index contributed by atoms with van der Waals surface area (Å²) in [6.45, 7) is 0.282. The second-order valence-corrected chi connectivity index (χ2v) is 4.38. The highest BCUT2D eigenvalue weighted by atomic mass is 19.1. The number of halogens is 2. The highest BCUT2D eigenvalue weighted by Gasteiger charge is 2.12. The summed E-state index contributed by atoms with van der Waals surface area (Å²) in [4.78, 5) is 27.2. The van der Waals surface area contributed by atoms with Gasteiger partial charge in [-0.3, -0.25) is 14.6 Å². The van der Waals surface area contributed by atoms with Crippen LogP contribution in [0.25, 0.3) is 0 Å². The summed E-state index contributed by atoms with van der Waals surface area (Å²) < 4.78 is 26.1. The molecule has 1 aromatic heterocycles. The van der Waals surface area contributed by atoms with Gasteiger partial charge in [-0.25, -0.2) is 8.78 Å². The molecule has 0 radical (unpaired) electrons. The molecule has 0 aliphatic heterocycles. The Balaban J connectivity index is 1.79. The smallest absolute Gasteiger partial charge is 0.254 e. The van der Waals surface area contributed by atoms with E-state index >= 15 is 0 Å². The predicted octanol–water partition coefficient (Wildman–Crippen LogP) is 1.52. The molecule has 0 saturated heterocycles. The van der Waals surface area contributed by atoms with Gasteiger partial charge >= 0.3 is 0 Å². The Kier molecular flexibility index (Phi) is 5.13. The van der Waals surface area contributed by atoms with Crippen LogP contribution in [0.2, 0.25) is 0 Å².